The van der Waals surface area contributed by atoms with Crippen molar-refractivity contribution in [3.05, 3.63) is 75.9 Å². The van der Waals surface area contributed by atoms with Crippen LogP contribution < -0.4 is 10.6 Å². The van der Waals surface area contributed by atoms with Crippen LogP contribution in [0.1, 0.15) is 35.7 Å². The van der Waals surface area contributed by atoms with Crippen LogP contribution in [0.4, 0.5) is 0 Å². The lowest BCUT2D eigenvalue weighted by Crippen LogP contribution is -2.35. The lowest BCUT2D eigenvalue weighted by Gasteiger charge is -2.11. The number of hydrogen-bond donors (Lipinski definition) is 2. The van der Waals surface area contributed by atoms with E-state index in [9.17, 15) is 9.59 Å². The van der Waals surface area contributed by atoms with Crippen molar-refractivity contribution in [2.75, 3.05) is 6.54 Å². The number of hydrogen-bond acceptors (Lipinski definition) is 2. The van der Waals surface area contributed by atoms with Crippen molar-refractivity contribution in [1.29, 1.82) is 0 Å². The molecule has 0 aliphatic heterocycles. The summed E-state index contributed by atoms with van der Waals surface area (Å²) in [5.41, 5.74) is 1.55. The van der Waals surface area contributed by atoms with E-state index in [0.717, 1.165) is 22.9 Å². The SMILES string of the molecule is CCCCNC(=O)C(=Cc1cccc(Br)c1)NC(=O)c1ccccc1. The van der Waals surface area contributed by atoms with E-state index in [4.69, 9.17) is 0 Å². The van der Waals surface area contributed by atoms with Gasteiger partial charge in [0.1, 0.15) is 5.70 Å². The Hall–Kier alpha value is -2.40. The van der Waals surface area contributed by atoms with Gasteiger partial charge in [-0.25, -0.2) is 0 Å². The standard InChI is InChI=1S/C20H21BrN2O2/c1-2-3-12-22-20(25)18(14-15-8-7-11-17(21)13-15)23-19(24)16-9-5-4-6-10-16/h4-11,13-14H,2-3,12H2,1H3,(H,22,25)(H,23,24). The Kier molecular flexibility index (Phi) is 7.41. The van der Waals surface area contributed by atoms with Gasteiger partial charge in [-0.2, -0.15) is 0 Å². The summed E-state index contributed by atoms with van der Waals surface area (Å²) >= 11 is 3.41. The minimum absolute atomic E-state index is 0.225. The third kappa shape index (κ3) is 6.19. The smallest absolute Gasteiger partial charge is 0.267 e. The predicted octanol–water partition coefficient (Wildman–Crippen LogP) is 4.14. The van der Waals surface area contributed by atoms with Crippen LogP contribution >= 0.6 is 15.9 Å². The number of amides is 2. The first-order chi connectivity index (χ1) is 12.1. The molecule has 130 valence electrons. The summed E-state index contributed by atoms with van der Waals surface area (Å²) in [5, 5.41) is 5.56. The first-order valence-electron chi connectivity index (χ1n) is 8.22. The van der Waals surface area contributed by atoms with E-state index in [0.29, 0.717) is 12.1 Å². The summed E-state index contributed by atoms with van der Waals surface area (Å²) in [4.78, 5) is 24.9. The number of unbranched alkanes of at least 4 members (excludes halogenated alkanes) is 1. The fraction of sp³-hybridized carbons (Fsp3) is 0.200. The lowest BCUT2D eigenvalue weighted by molar-refractivity contribution is -0.117. The Labute approximate surface area is 156 Å². The maximum Gasteiger partial charge on any atom is 0.267 e. The molecule has 0 radical (unpaired) electrons. The topological polar surface area (TPSA) is 58.2 Å². The summed E-state index contributed by atoms with van der Waals surface area (Å²) in [7, 11) is 0. The molecular weight excluding hydrogens is 380 g/mol. The Morgan fingerprint density at radius 2 is 1.84 bits per heavy atom. The number of benzene rings is 2. The molecule has 0 heterocycles. The summed E-state index contributed by atoms with van der Waals surface area (Å²) in [6.07, 6.45) is 3.55. The number of halogens is 1. The van der Waals surface area contributed by atoms with Crippen molar-refractivity contribution in [1.82, 2.24) is 10.6 Å². The van der Waals surface area contributed by atoms with E-state index < -0.39 is 0 Å². The van der Waals surface area contributed by atoms with Gasteiger partial charge < -0.3 is 10.6 Å². The largest absolute Gasteiger partial charge is 0.351 e. The van der Waals surface area contributed by atoms with Crippen molar-refractivity contribution in [2.45, 2.75) is 19.8 Å². The molecular formula is C20H21BrN2O2. The van der Waals surface area contributed by atoms with E-state index in [2.05, 4.69) is 33.5 Å². The van der Waals surface area contributed by atoms with Gasteiger partial charge in [0, 0.05) is 16.6 Å². The average molecular weight is 401 g/mol. The minimum atomic E-state index is -0.313. The summed E-state index contributed by atoms with van der Waals surface area (Å²) in [6, 6.07) is 16.4. The van der Waals surface area contributed by atoms with Gasteiger partial charge in [0.05, 0.1) is 0 Å². The fourth-order valence-corrected chi connectivity index (χ4v) is 2.60. The van der Waals surface area contributed by atoms with Gasteiger partial charge in [-0.05, 0) is 42.3 Å². The predicted molar refractivity (Wildman–Crippen MR) is 104 cm³/mol. The zero-order chi connectivity index (χ0) is 18.1. The maximum atomic E-state index is 12.5. The van der Waals surface area contributed by atoms with Gasteiger partial charge in [0.2, 0.25) is 0 Å². The number of rotatable bonds is 7. The van der Waals surface area contributed by atoms with Crippen molar-refractivity contribution in [3.8, 4) is 0 Å². The van der Waals surface area contributed by atoms with Crippen LogP contribution in [-0.4, -0.2) is 18.4 Å². The van der Waals surface area contributed by atoms with Crippen molar-refractivity contribution in [3.63, 3.8) is 0 Å². The van der Waals surface area contributed by atoms with Gasteiger partial charge in [0.15, 0.2) is 0 Å². The number of carbonyl (C=O) groups excluding carboxylic acids is 2. The molecule has 0 unspecified atom stereocenters. The molecule has 25 heavy (non-hydrogen) atoms. The van der Waals surface area contributed by atoms with Crippen molar-refractivity contribution < 1.29 is 9.59 Å². The van der Waals surface area contributed by atoms with E-state index in [1.165, 1.54) is 0 Å². The quantitative estimate of drug-likeness (QED) is 0.541. The van der Waals surface area contributed by atoms with Gasteiger partial charge in [0.25, 0.3) is 11.8 Å². The molecule has 5 heteroatoms. The highest BCUT2D eigenvalue weighted by Crippen LogP contribution is 2.14. The minimum Gasteiger partial charge on any atom is -0.351 e. The molecule has 0 aromatic heterocycles. The van der Waals surface area contributed by atoms with E-state index in [1.807, 2.05) is 30.3 Å². The number of nitrogens with one attached hydrogen (secondary N) is 2. The van der Waals surface area contributed by atoms with Crippen LogP contribution in [-0.2, 0) is 4.79 Å². The maximum absolute atomic E-state index is 12.5. The van der Waals surface area contributed by atoms with Gasteiger partial charge in [-0.1, -0.05) is 59.6 Å². The highest BCUT2D eigenvalue weighted by molar-refractivity contribution is 9.10. The number of carbonyl (C=O) groups is 2. The first-order valence-corrected chi connectivity index (χ1v) is 9.01. The van der Waals surface area contributed by atoms with E-state index in [1.54, 1.807) is 30.3 Å². The zero-order valence-corrected chi connectivity index (χ0v) is 15.7. The average Bonchev–Trinajstić information content (AvgIpc) is 2.62. The van der Waals surface area contributed by atoms with Crippen molar-refractivity contribution >= 4 is 33.8 Å². The molecule has 0 aliphatic rings. The van der Waals surface area contributed by atoms with Crippen LogP contribution in [0.3, 0.4) is 0 Å². The van der Waals surface area contributed by atoms with Crippen LogP contribution in [0.5, 0.6) is 0 Å². The highest BCUT2D eigenvalue weighted by atomic mass is 79.9. The third-order valence-corrected chi connectivity index (χ3v) is 4.00. The molecule has 2 aromatic rings. The summed E-state index contributed by atoms with van der Waals surface area (Å²) in [6.45, 7) is 2.63. The molecule has 0 bridgehead atoms. The monoisotopic (exact) mass is 400 g/mol. The van der Waals surface area contributed by atoms with E-state index in [-0.39, 0.29) is 17.5 Å². The Bertz CT molecular complexity index is 757. The third-order valence-electron chi connectivity index (χ3n) is 3.50. The second-order valence-electron chi connectivity index (χ2n) is 5.54. The lowest BCUT2D eigenvalue weighted by atomic mass is 10.1. The Morgan fingerprint density at radius 1 is 1.08 bits per heavy atom. The molecule has 4 nitrogen and oxygen atoms in total. The molecule has 0 aliphatic carbocycles. The van der Waals surface area contributed by atoms with Crippen molar-refractivity contribution in [2.24, 2.45) is 0 Å². The molecule has 0 saturated heterocycles. The van der Waals surface area contributed by atoms with Crippen LogP contribution in [0.2, 0.25) is 0 Å². The fourth-order valence-electron chi connectivity index (χ4n) is 2.18. The molecule has 0 spiro atoms. The highest BCUT2D eigenvalue weighted by Gasteiger charge is 2.14. The zero-order valence-electron chi connectivity index (χ0n) is 14.1. The normalized spacial score (nSPS) is 11.0. The molecule has 2 rings (SSSR count). The molecule has 2 amide bonds. The van der Waals surface area contributed by atoms with Crippen LogP contribution in [0, 0.1) is 0 Å². The van der Waals surface area contributed by atoms with Gasteiger partial charge in [-0.3, -0.25) is 9.59 Å². The Morgan fingerprint density at radius 3 is 2.52 bits per heavy atom. The molecule has 2 aromatic carbocycles. The Balaban J connectivity index is 2.22. The molecule has 2 N–H and O–H groups in total. The van der Waals surface area contributed by atoms with Crippen LogP contribution in [0.25, 0.3) is 6.08 Å². The van der Waals surface area contributed by atoms with Gasteiger partial charge >= 0.3 is 0 Å². The van der Waals surface area contributed by atoms with E-state index >= 15 is 0 Å². The molecule has 0 saturated carbocycles. The second-order valence-corrected chi connectivity index (χ2v) is 6.46. The van der Waals surface area contributed by atoms with Gasteiger partial charge in [-0.15, -0.1) is 0 Å². The summed E-state index contributed by atoms with van der Waals surface area (Å²) < 4.78 is 0.904. The summed E-state index contributed by atoms with van der Waals surface area (Å²) in [5.74, 6) is -0.606. The molecule has 0 atom stereocenters. The molecule has 0 fully saturated rings. The first kappa shape index (κ1) is 18.9. The second kappa shape index (κ2) is 9.79. The van der Waals surface area contributed by atoms with Crippen LogP contribution in [0.15, 0.2) is 64.8 Å².